The molecule has 2 rings (SSSR count). The fourth-order valence-corrected chi connectivity index (χ4v) is 2.01. The van der Waals surface area contributed by atoms with Crippen LogP contribution in [0.15, 0.2) is 22.7 Å². The second-order valence-corrected chi connectivity index (χ2v) is 4.38. The number of nitrogens with one attached hydrogen (secondary N) is 1. The molecular formula is C15H20N2O4. The van der Waals surface area contributed by atoms with E-state index in [1.54, 1.807) is 21.3 Å². The van der Waals surface area contributed by atoms with E-state index in [1.807, 2.05) is 25.1 Å². The molecule has 0 fully saturated rings. The average Bonchev–Trinajstić information content (AvgIpc) is 3.00. The SMILES string of the molecule is CCNCc1cc(-c2cc(OC)c(OC)c(OC)c2)on1. The van der Waals surface area contributed by atoms with Gasteiger partial charge in [0.1, 0.15) is 0 Å². The molecule has 0 saturated carbocycles. The Kier molecular flexibility index (Phi) is 5.05. The van der Waals surface area contributed by atoms with E-state index < -0.39 is 0 Å². The molecule has 114 valence electrons. The fourth-order valence-electron chi connectivity index (χ4n) is 2.01. The lowest BCUT2D eigenvalue weighted by molar-refractivity contribution is 0.324. The van der Waals surface area contributed by atoms with Gasteiger partial charge in [0.2, 0.25) is 5.75 Å². The van der Waals surface area contributed by atoms with Crippen molar-refractivity contribution in [2.75, 3.05) is 27.9 Å². The van der Waals surface area contributed by atoms with Gasteiger partial charge in [0.05, 0.1) is 27.0 Å². The molecule has 1 heterocycles. The Hall–Kier alpha value is -2.21. The fraction of sp³-hybridized carbons (Fsp3) is 0.400. The quantitative estimate of drug-likeness (QED) is 0.845. The second-order valence-electron chi connectivity index (χ2n) is 4.38. The Labute approximate surface area is 124 Å². The van der Waals surface area contributed by atoms with Crippen LogP contribution in [0, 0.1) is 0 Å². The van der Waals surface area contributed by atoms with E-state index in [0.29, 0.717) is 29.6 Å². The molecule has 0 atom stereocenters. The van der Waals surface area contributed by atoms with Crippen LogP contribution in [0.2, 0.25) is 0 Å². The van der Waals surface area contributed by atoms with Crippen molar-refractivity contribution in [3.63, 3.8) is 0 Å². The molecule has 1 aromatic heterocycles. The molecular weight excluding hydrogens is 272 g/mol. The molecule has 1 N–H and O–H groups in total. The zero-order valence-corrected chi connectivity index (χ0v) is 12.7. The van der Waals surface area contributed by atoms with Crippen molar-refractivity contribution in [1.82, 2.24) is 10.5 Å². The number of hydrogen-bond acceptors (Lipinski definition) is 6. The smallest absolute Gasteiger partial charge is 0.203 e. The number of rotatable bonds is 7. The highest BCUT2D eigenvalue weighted by molar-refractivity contribution is 5.67. The third-order valence-corrected chi connectivity index (χ3v) is 3.06. The number of aromatic nitrogens is 1. The van der Waals surface area contributed by atoms with Crippen molar-refractivity contribution in [3.05, 3.63) is 23.9 Å². The van der Waals surface area contributed by atoms with Gasteiger partial charge in [0, 0.05) is 18.2 Å². The Bertz CT molecular complexity index is 570. The molecule has 6 heteroatoms. The Morgan fingerprint density at radius 3 is 2.24 bits per heavy atom. The van der Waals surface area contributed by atoms with Crippen LogP contribution in [-0.4, -0.2) is 33.0 Å². The maximum atomic E-state index is 5.38. The Morgan fingerprint density at radius 2 is 1.71 bits per heavy atom. The predicted octanol–water partition coefficient (Wildman–Crippen LogP) is 2.48. The van der Waals surface area contributed by atoms with Gasteiger partial charge in [0.15, 0.2) is 17.3 Å². The highest BCUT2D eigenvalue weighted by Gasteiger charge is 2.16. The van der Waals surface area contributed by atoms with Gasteiger partial charge in [-0.1, -0.05) is 12.1 Å². The summed E-state index contributed by atoms with van der Waals surface area (Å²) in [5.41, 5.74) is 1.67. The highest BCUT2D eigenvalue weighted by atomic mass is 16.5. The molecule has 2 aromatic rings. The molecule has 6 nitrogen and oxygen atoms in total. The molecule has 0 spiro atoms. The summed E-state index contributed by atoms with van der Waals surface area (Å²) < 4.78 is 21.3. The topological polar surface area (TPSA) is 65.8 Å². The van der Waals surface area contributed by atoms with Gasteiger partial charge >= 0.3 is 0 Å². The van der Waals surface area contributed by atoms with E-state index >= 15 is 0 Å². The zero-order chi connectivity index (χ0) is 15.2. The van der Waals surface area contributed by atoms with Gasteiger partial charge in [-0.15, -0.1) is 0 Å². The maximum Gasteiger partial charge on any atom is 0.203 e. The molecule has 0 amide bonds. The monoisotopic (exact) mass is 292 g/mol. The van der Waals surface area contributed by atoms with Crippen LogP contribution in [0.4, 0.5) is 0 Å². The van der Waals surface area contributed by atoms with Crippen LogP contribution in [0.25, 0.3) is 11.3 Å². The lowest BCUT2D eigenvalue weighted by atomic mass is 10.1. The van der Waals surface area contributed by atoms with Crippen molar-refractivity contribution in [3.8, 4) is 28.6 Å². The van der Waals surface area contributed by atoms with Crippen LogP contribution >= 0.6 is 0 Å². The van der Waals surface area contributed by atoms with Gasteiger partial charge < -0.3 is 24.1 Å². The summed E-state index contributed by atoms with van der Waals surface area (Å²) in [5.74, 6) is 2.37. The average molecular weight is 292 g/mol. The van der Waals surface area contributed by atoms with Crippen LogP contribution < -0.4 is 19.5 Å². The molecule has 0 aliphatic heterocycles. The van der Waals surface area contributed by atoms with Gasteiger partial charge in [-0.3, -0.25) is 0 Å². The molecule has 0 bridgehead atoms. The zero-order valence-electron chi connectivity index (χ0n) is 12.7. The van der Waals surface area contributed by atoms with Crippen molar-refractivity contribution >= 4 is 0 Å². The molecule has 0 aliphatic rings. The summed E-state index contributed by atoms with van der Waals surface area (Å²) in [6.07, 6.45) is 0. The van der Waals surface area contributed by atoms with Crippen molar-refractivity contribution < 1.29 is 18.7 Å². The first-order valence-corrected chi connectivity index (χ1v) is 6.70. The van der Waals surface area contributed by atoms with E-state index in [2.05, 4.69) is 10.5 Å². The Morgan fingerprint density at radius 1 is 1.05 bits per heavy atom. The van der Waals surface area contributed by atoms with Gasteiger partial charge in [0.25, 0.3) is 0 Å². The summed E-state index contributed by atoms with van der Waals surface area (Å²) in [4.78, 5) is 0. The first-order chi connectivity index (χ1) is 10.2. The van der Waals surface area contributed by atoms with Crippen LogP contribution in [0.1, 0.15) is 12.6 Å². The minimum absolute atomic E-state index is 0.552. The van der Waals surface area contributed by atoms with Gasteiger partial charge in [-0.2, -0.15) is 0 Å². The third kappa shape index (κ3) is 3.28. The molecule has 21 heavy (non-hydrogen) atoms. The number of hydrogen-bond donors (Lipinski definition) is 1. The van der Waals surface area contributed by atoms with Crippen molar-refractivity contribution in [2.24, 2.45) is 0 Å². The highest BCUT2D eigenvalue weighted by Crippen LogP contribution is 2.41. The molecule has 1 aromatic carbocycles. The maximum absolute atomic E-state index is 5.38. The number of benzene rings is 1. The molecule has 0 aliphatic carbocycles. The van der Waals surface area contributed by atoms with E-state index in [-0.39, 0.29) is 0 Å². The van der Waals surface area contributed by atoms with Crippen molar-refractivity contribution in [1.29, 1.82) is 0 Å². The van der Waals surface area contributed by atoms with E-state index in [9.17, 15) is 0 Å². The second kappa shape index (κ2) is 6.99. The van der Waals surface area contributed by atoms with Gasteiger partial charge in [-0.05, 0) is 18.7 Å². The standard InChI is InChI=1S/C15H20N2O4/c1-5-16-9-11-8-12(21-17-11)10-6-13(18-2)15(20-4)14(7-10)19-3/h6-8,16H,5,9H2,1-4H3. The summed E-state index contributed by atoms with van der Waals surface area (Å²) in [5, 5.41) is 7.23. The molecule has 0 saturated heterocycles. The Balaban J connectivity index is 2.37. The van der Waals surface area contributed by atoms with Gasteiger partial charge in [-0.25, -0.2) is 0 Å². The third-order valence-electron chi connectivity index (χ3n) is 3.06. The van der Waals surface area contributed by atoms with Crippen molar-refractivity contribution in [2.45, 2.75) is 13.5 Å². The number of ether oxygens (including phenoxy) is 3. The number of methoxy groups -OCH3 is 3. The van der Waals surface area contributed by atoms with Crippen LogP contribution in [0.3, 0.4) is 0 Å². The summed E-state index contributed by atoms with van der Waals surface area (Å²) in [6.45, 7) is 3.59. The van der Waals surface area contributed by atoms with E-state index in [0.717, 1.165) is 17.8 Å². The minimum Gasteiger partial charge on any atom is -0.493 e. The number of nitrogens with zero attached hydrogens (tertiary/aromatic N) is 1. The first kappa shape index (κ1) is 15.2. The first-order valence-electron chi connectivity index (χ1n) is 6.70. The van der Waals surface area contributed by atoms with Crippen LogP contribution in [0.5, 0.6) is 17.2 Å². The molecule has 0 unspecified atom stereocenters. The minimum atomic E-state index is 0.552. The predicted molar refractivity (Wildman–Crippen MR) is 79.0 cm³/mol. The molecule has 0 radical (unpaired) electrons. The summed E-state index contributed by atoms with van der Waals surface area (Å²) >= 11 is 0. The lowest BCUT2D eigenvalue weighted by Crippen LogP contribution is -2.11. The normalized spacial score (nSPS) is 10.5. The summed E-state index contributed by atoms with van der Waals surface area (Å²) in [6, 6.07) is 5.56. The van der Waals surface area contributed by atoms with Crippen LogP contribution in [-0.2, 0) is 6.54 Å². The van der Waals surface area contributed by atoms with E-state index in [4.69, 9.17) is 18.7 Å². The largest absolute Gasteiger partial charge is 0.493 e. The summed E-state index contributed by atoms with van der Waals surface area (Å²) in [7, 11) is 4.74. The van der Waals surface area contributed by atoms with E-state index in [1.165, 1.54) is 0 Å². The lowest BCUT2D eigenvalue weighted by Gasteiger charge is -2.12.